The average molecular weight is 403 g/mol. The number of nitrogens with one attached hydrogen (secondary N) is 1. The third kappa shape index (κ3) is 4.10. The third-order valence-electron chi connectivity index (χ3n) is 4.99. The molecule has 0 unspecified atom stereocenters. The normalized spacial score (nSPS) is 17.6. The molecule has 2 aromatic rings. The molecule has 0 radical (unpaired) electrons. The monoisotopic (exact) mass is 402 g/mol. The average Bonchev–Trinajstić information content (AvgIpc) is 2.84. The molecule has 0 aliphatic carbocycles. The number of aryl methyl sites for hydroxylation is 1. The van der Waals surface area contributed by atoms with Gasteiger partial charge < -0.3 is 19.7 Å². The Morgan fingerprint density at radius 3 is 2.75 bits per heavy atom. The second-order valence-corrected chi connectivity index (χ2v) is 8.63. The number of amides is 1. The number of para-hydroxylation sites is 1. The predicted octanol–water partition coefficient (Wildman–Crippen LogP) is 3.76. The zero-order valence-electron chi connectivity index (χ0n) is 16.6. The van der Waals surface area contributed by atoms with Crippen LogP contribution in [-0.2, 0) is 9.53 Å². The first-order valence-electron chi connectivity index (χ1n) is 9.40. The van der Waals surface area contributed by atoms with Crippen LogP contribution in [0.2, 0.25) is 0 Å². The number of thioether (sulfide) groups is 1. The Bertz CT molecular complexity index is 891. The van der Waals surface area contributed by atoms with Crippen LogP contribution in [0.1, 0.15) is 53.7 Å². The number of esters is 1. The lowest BCUT2D eigenvalue weighted by Crippen LogP contribution is -2.35. The molecule has 1 aliphatic heterocycles. The number of aliphatic hydroxyl groups excluding tert-OH is 1. The van der Waals surface area contributed by atoms with E-state index >= 15 is 0 Å². The lowest BCUT2D eigenvalue weighted by Gasteiger charge is -2.22. The minimum Gasteiger partial charge on any atom is -0.451 e. The number of carbonyl (C=O) groups excluding carboxylic acids is 2. The molecule has 0 saturated carbocycles. The Balaban J connectivity index is 1.72. The summed E-state index contributed by atoms with van der Waals surface area (Å²) in [6.45, 7) is 7.61. The largest absolute Gasteiger partial charge is 0.451 e. The van der Waals surface area contributed by atoms with Gasteiger partial charge in [0, 0.05) is 27.9 Å². The third-order valence-corrected chi connectivity index (χ3v) is 6.23. The highest BCUT2D eigenvalue weighted by atomic mass is 32.2. The molecule has 6 nitrogen and oxygen atoms in total. The van der Waals surface area contributed by atoms with Crippen molar-refractivity contribution in [1.29, 1.82) is 0 Å². The second-order valence-electron chi connectivity index (χ2n) is 7.15. The van der Waals surface area contributed by atoms with Crippen molar-refractivity contribution in [3.8, 4) is 0 Å². The Morgan fingerprint density at radius 2 is 2.07 bits per heavy atom. The smallest absolute Gasteiger partial charge is 0.355 e. The molecule has 0 spiro atoms. The van der Waals surface area contributed by atoms with Crippen molar-refractivity contribution in [2.45, 2.75) is 50.4 Å². The van der Waals surface area contributed by atoms with Gasteiger partial charge in [0.05, 0.1) is 11.8 Å². The summed E-state index contributed by atoms with van der Waals surface area (Å²) in [6, 6.07) is 7.80. The van der Waals surface area contributed by atoms with Crippen LogP contribution in [0.15, 0.2) is 29.2 Å². The number of nitrogens with zero attached hydrogens (tertiary/aromatic N) is 1. The van der Waals surface area contributed by atoms with Gasteiger partial charge in [0.2, 0.25) is 0 Å². The number of benzene rings is 1. The second kappa shape index (κ2) is 8.41. The lowest BCUT2D eigenvalue weighted by atomic mass is 10.1. The molecule has 1 aromatic heterocycles. The lowest BCUT2D eigenvalue weighted by molar-refractivity contribution is -0.121. The van der Waals surface area contributed by atoms with Crippen LogP contribution >= 0.6 is 11.8 Å². The van der Waals surface area contributed by atoms with Crippen LogP contribution in [0.5, 0.6) is 0 Å². The molecular weight excluding hydrogens is 376 g/mol. The Morgan fingerprint density at radius 1 is 1.36 bits per heavy atom. The SMILES string of the molecule is Cc1[nH]c(C(=O)OCC(=O)N2CC[C@@H](C)Sc3ccccc32)c(C)c1[C@@H](C)O. The molecule has 28 heavy (non-hydrogen) atoms. The van der Waals surface area contributed by atoms with Crippen LogP contribution in [0.3, 0.4) is 0 Å². The van der Waals surface area contributed by atoms with E-state index < -0.39 is 12.1 Å². The van der Waals surface area contributed by atoms with Crippen molar-refractivity contribution in [1.82, 2.24) is 4.98 Å². The minimum atomic E-state index is -0.687. The number of anilines is 1. The van der Waals surface area contributed by atoms with Crippen LogP contribution < -0.4 is 4.90 Å². The van der Waals surface area contributed by atoms with Crippen molar-refractivity contribution in [3.05, 3.63) is 46.8 Å². The summed E-state index contributed by atoms with van der Waals surface area (Å²) in [5.74, 6) is -0.834. The van der Waals surface area contributed by atoms with Gasteiger partial charge in [-0.15, -0.1) is 11.8 Å². The van der Waals surface area contributed by atoms with Gasteiger partial charge in [-0.3, -0.25) is 4.79 Å². The number of hydrogen-bond acceptors (Lipinski definition) is 5. The molecule has 0 fully saturated rings. The highest BCUT2D eigenvalue weighted by molar-refractivity contribution is 8.00. The summed E-state index contributed by atoms with van der Waals surface area (Å²) in [5.41, 5.74) is 3.20. The number of ether oxygens (including phenoxy) is 1. The molecule has 3 rings (SSSR count). The molecule has 1 aliphatic rings. The van der Waals surface area contributed by atoms with E-state index in [0.717, 1.165) is 22.7 Å². The van der Waals surface area contributed by atoms with E-state index in [2.05, 4.69) is 11.9 Å². The maximum absolute atomic E-state index is 12.8. The van der Waals surface area contributed by atoms with Crippen molar-refractivity contribution < 1.29 is 19.4 Å². The number of aliphatic hydroxyl groups is 1. The highest BCUT2D eigenvalue weighted by Crippen LogP contribution is 2.37. The molecule has 1 amide bonds. The molecule has 2 atom stereocenters. The maximum Gasteiger partial charge on any atom is 0.355 e. The van der Waals surface area contributed by atoms with Crippen molar-refractivity contribution >= 4 is 29.3 Å². The topological polar surface area (TPSA) is 82.6 Å². The van der Waals surface area contributed by atoms with Gasteiger partial charge >= 0.3 is 5.97 Å². The number of H-pyrrole nitrogens is 1. The summed E-state index contributed by atoms with van der Waals surface area (Å²) in [6.07, 6.45) is 0.179. The highest BCUT2D eigenvalue weighted by Gasteiger charge is 2.26. The van der Waals surface area contributed by atoms with Gasteiger partial charge in [0.15, 0.2) is 6.61 Å². The number of aromatic amines is 1. The van der Waals surface area contributed by atoms with E-state index in [1.807, 2.05) is 24.3 Å². The molecule has 2 heterocycles. The molecule has 2 N–H and O–H groups in total. The summed E-state index contributed by atoms with van der Waals surface area (Å²) >= 11 is 1.75. The van der Waals surface area contributed by atoms with Crippen LogP contribution in [-0.4, -0.2) is 40.4 Å². The first kappa shape index (κ1) is 20.5. The zero-order chi connectivity index (χ0) is 20.4. The predicted molar refractivity (Wildman–Crippen MR) is 110 cm³/mol. The van der Waals surface area contributed by atoms with Crippen LogP contribution in [0.4, 0.5) is 5.69 Å². The van der Waals surface area contributed by atoms with Gasteiger partial charge in [0.1, 0.15) is 5.69 Å². The molecule has 150 valence electrons. The van der Waals surface area contributed by atoms with E-state index in [1.54, 1.807) is 37.4 Å². The van der Waals surface area contributed by atoms with Crippen LogP contribution in [0, 0.1) is 13.8 Å². The van der Waals surface area contributed by atoms with Crippen molar-refractivity contribution in [2.75, 3.05) is 18.1 Å². The number of fused-ring (bicyclic) bond motifs is 1. The maximum atomic E-state index is 12.8. The number of carbonyl (C=O) groups is 2. The summed E-state index contributed by atoms with van der Waals surface area (Å²) < 4.78 is 5.30. The Kier molecular flexibility index (Phi) is 6.15. The van der Waals surface area contributed by atoms with Gasteiger partial charge in [0.25, 0.3) is 5.91 Å². The zero-order valence-corrected chi connectivity index (χ0v) is 17.4. The first-order valence-corrected chi connectivity index (χ1v) is 10.3. The first-order chi connectivity index (χ1) is 13.3. The quantitative estimate of drug-likeness (QED) is 0.761. The fraction of sp³-hybridized carbons (Fsp3) is 0.429. The van der Waals surface area contributed by atoms with E-state index in [-0.39, 0.29) is 18.2 Å². The molecule has 7 heteroatoms. The minimum absolute atomic E-state index is 0.243. The number of hydrogen-bond donors (Lipinski definition) is 2. The van der Waals surface area contributed by atoms with E-state index in [1.165, 1.54) is 0 Å². The number of rotatable bonds is 4. The Hall–Kier alpha value is -2.25. The molecule has 1 aromatic carbocycles. The van der Waals surface area contributed by atoms with E-state index in [4.69, 9.17) is 4.74 Å². The molecule has 0 bridgehead atoms. The molecule has 0 saturated heterocycles. The fourth-order valence-corrected chi connectivity index (χ4v) is 4.73. The standard InChI is InChI=1S/C21H26N2O4S/c1-12-9-10-23(16-7-5-6-8-17(16)28-12)18(25)11-27-21(26)20-13(2)19(15(4)24)14(3)22-20/h5-8,12,15,22,24H,9-11H2,1-4H3/t12-,15-/m1/s1. The van der Waals surface area contributed by atoms with E-state index in [9.17, 15) is 14.7 Å². The van der Waals surface area contributed by atoms with Gasteiger partial charge in [-0.2, -0.15) is 0 Å². The summed E-state index contributed by atoms with van der Waals surface area (Å²) in [4.78, 5) is 31.0. The summed E-state index contributed by atoms with van der Waals surface area (Å²) in [7, 11) is 0. The van der Waals surface area contributed by atoms with Gasteiger partial charge in [-0.05, 0) is 44.9 Å². The van der Waals surface area contributed by atoms with Crippen LogP contribution in [0.25, 0.3) is 0 Å². The van der Waals surface area contributed by atoms with Crippen molar-refractivity contribution in [2.24, 2.45) is 0 Å². The van der Waals surface area contributed by atoms with E-state index in [0.29, 0.717) is 22.9 Å². The summed E-state index contributed by atoms with van der Waals surface area (Å²) in [5, 5.41) is 10.3. The number of aromatic nitrogens is 1. The van der Waals surface area contributed by atoms with Crippen molar-refractivity contribution in [3.63, 3.8) is 0 Å². The molecular formula is C21H26N2O4S. The van der Waals surface area contributed by atoms with Gasteiger partial charge in [-0.25, -0.2) is 4.79 Å². The van der Waals surface area contributed by atoms with Gasteiger partial charge in [-0.1, -0.05) is 19.1 Å². The fourth-order valence-electron chi connectivity index (χ4n) is 3.62. The Labute approximate surface area is 169 Å².